The van der Waals surface area contributed by atoms with Gasteiger partial charge in [0.15, 0.2) is 0 Å². The lowest BCUT2D eigenvalue weighted by Crippen LogP contribution is -2.45. The van der Waals surface area contributed by atoms with E-state index in [9.17, 15) is 14.4 Å². The van der Waals surface area contributed by atoms with Gasteiger partial charge in [-0.25, -0.2) is 0 Å². The van der Waals surface area contributed by atoms with Crippen LogP contribution in [0, 0.1) is 0 Å². The Balaban J connectivity index is 2.38. The Morgan fingerprint density at radius 1 is 1.40 bits per heavy atom. The molecule has 0 saturated carbocycles. The van der Waals surface area contributed by atoms with Crippen molar-refractivity contribution in [3.63, 3.8) is 0 Å². The highest BCUT2D eigenvalue weighted by Gasteiger charge is 2.17. The fourth-order valence-electron chi connectivity index (χ4n) is 1.31. The van der Waals surface area contributed by atoms with Crippen molar-refractivity contribution in [1.82, 2.24) is 10.6 Å². The van der Waals surface area contributed by atoms with E-state index in [0.717, 1.165) is 3.79 Å². The molecule has 1 aromatic rings. The van der Waals surface area contributed by atoms with Crippen LogP contribution in [0.1, 0.15) is 23.0 Å². The van der Waals surface area contributed by atoms with E-state index in [-0.39, 0.29) is 24.8 Å². The van der Waals surface area contributed by atoms with Gasteiger partial charge in [-0.3, -0.25) is 14.4 Å². The zero-order valence-electron chi connectivity index (χ0n) is 11.1. The number of methoxy groups -OCH3 is 1. The van der Waals surface area contributed by atoms with Crippen LogP contribution in [0.15, 0.2) is 15.9 Å². The molecule has 20 heavy (non-hydrogen) atoms. The number of ether oxygens (including phenoxy) is 1. The molecule has 6 nitrogen and oxygen atoms in total. The highest BCUT2D eigenvalue weighted by molar-refractivity contribution is 9.11. The van der Waals surface area contributed by atoms with Gasteiger partial charge in [0.05, 0.1) is 22.2 Å². The van der Waals surface area contributed by atoms with Gasteiger partial charge >= 0.3 is 5.97 Å². The van der Waals surface area contributed by atoms with Gasteiger partial charge in [0, 0.05) is 6.54 Å². The fraction of sp³-hybridized carbons (Fsp3) is 0.417. The molecule has 110 valence electrons. The first-order valence-corrected chi connectivity index (χ1v) is 7.45. The van der Waals surface area contributed by atoms with Crippen LogP contribution >= 0.6 is 27.3 Å². The van der Waals surface area contributed by atoms with Crippen molar-refractivity contribution in [3.8, 4) is 0 Å². The summed E-state index contributed by atoms with van der Waals surface area (Å²) in [7, 11) is 1.28. The van der Waals surface area contributed by atoms with Gasteiger partial charge in [0.2, 0.25) is 5.91 Å². The van der Waals surface area contributed by atoms with Gasteiger partial charge in [-0.15, -0.1) is 11.3 Å². The minimum atomic E-state index is -0.680. The molecule has 8 heteroatoms. The summed E-state index contributed by atoms with van der Waals surface area (Å²) in [6, 6.07) is 2.76. The molecule has 1 heterocycles. The number of nitrogens with one attached hydrogen (secondary N) is 2. The van der Waals surface area contributed by atoms with E-state index in [4.69, 9.17) is 0 Å². The lowest BCUT2D eigenvalue weighted by atomic mass is 10.3. The predicted octanol–water partition coefficient (Wildman–Crippen LogP) is 1.31. The first-order valence-electron chi connectivity index (χ1n) is 5.84. The normalized spacial score (nSPS) is 11.6. The SMILES string of the molecule is COC(=O)CCNC(=O)C(C)NC(=O)c1ccc(Br)s1. The molecule has 0 bridgehead atoms. The molecule has 1 rings (SSSR count). The van der Waals surface area contributed by atoms with Gasteiger partial charge < -0.3 is 15.4 Å². The van der Waals surface area contributed by atoms with Crippen LogP contribution in [0.5, 0.6) is 0 Å². The smallest absolute Gasteiger partial charge is 0.307 e. The minimum Gasteiger partial charge on any atom is -0.469 e. The summed E-state index contributed by atoms with van der Waals surface area (Å²) in [5, 5.41) is 5.13. The molecule has 1 aromatic heterocycles. The number of carbonyl (C=O) groups is 3. The van der Waals surface area contributed by atoms with Crippen LogP contribution in [0.3, 0.4) is 0 Å². The molecule has 2 N–H and O–H groups in total. The van der Waals surface area contributed by atoms with E-state index in [2.05, 4.69) is 31.3 Å². The summed E-state index contributed by atoms with van der Waals surface area (Å²) < 4.78 is 5.30. The maximum atomic E-state index is 11.8. The van der Waals surface area contributed by atoms with Crippen molar-refractivity contribution in [2.75, 3.05) is 13.7 Å². The third-order valence-electron chi connectivity index (χ3n) is 2.39. The second-order valence-electron chi connectivity index (χ2n) is 3.92. The van der Waals surface area contributed by atoms with Crippen LogP contribution in [0.25, 0.3) is 0 Å². The molecule has 0 aliphatic heterocycles. The maximum absolute atomic E-state index is 11.8. The predicted molar refractivity (Wildman–Crippen MR) is 78.6 cm³/mol. The lowest BCUT2D eigenvalue weighted by Gasteiger charge is -2.13. The molecule has 0 radical (unpaired) electrons. The molecule has 0 aliphatic rings. The zero-order valence-corrected chi connectivity index (χ0v) is 13.5. The number of hydrogen-bond acceptors (Lipinski definition) is 5. The van der Waals surface area contributed by atoms with Crippen LogP contribution in [-0.2, 0) is 14.3 Å². The lowest BCUT2D eigenvalue weighted by molar-refractivity contribution is -0.140. The first kappa shape index (κ1) is 16.6. The highest BCUT2D eigenvalue weighted by atomic mass is 79.9. The van der Waals surface area contributed by atoms with Crippen molar-refractivity contribution in [2.24, 2.45) is 0 Å². The highest BCUT2D eigenvalue weighted by Crippen LogP contribution is 2.21. The Labute approximate surface area is 129 Å². The summed E-state index contributed by atoms with van der Waals surface area (Å²) in [5.41, 5.74) is 0. The van der Waals surface area contributed by atoms with Crippen molar-refractivity contribution < 1.29 is 19.1 Å². The Kier molecular flexibility index (Phi) is 6.66. The van der Waals surface area contributed by atoms with Crippen molar-refractivity contribution in [1.29, 1.82) is 0 Å². The number of amides is 2. The number of hydrogen-bond donors (Lipinski definition) is 2. The van der Waals surface area contributed by atoms with Crippen LogP contribution in [-0.4, -0.2) is 37.5 Å². The van der Waals surface area contributed by atoms with Crippen LogP contribution in [0.4, 0.5) is 0 Å². The number of carbonyl (C=O) groups excluding carboxylic acids is 3. The third-order valence-corrected chi connectivity index (χ3v) is 4.02. The molecule has 1 atom stereocenters. The largest absolute Gasteiger partial charge is 0.469 e. The number of halogens is 1. The van der Waals surface area contributed by atoms with Gasteiger partial charge in [0.1, 0.15) is 6.04 Å². The molecule has 0 aliphatic carbocycles. The standard InChI is InChI=1S/C12H15BrN2O4S/c1-7(11(17)14-6-5-10(16)19-2)15-12(18)8-3-4-9(13)20-8/h3-4,7H,5-6H2,1-2H3,(H,14,17)(H,15,18). The van der Waals surface area contributed by atoms with E-state index in [1.54, 1.807) is 19.1 Å². The van der Waals surface area contributed by atoms with E-state index < -0.39 is 12.0 Å². The van der Waals surface area contributed by atoms with Crippen molar-refractivity contribution in [3.05, 3.63) is 20.8 Å². The van der Waals surface area contributed by atoms with Gasteiger partial charge in [-0.05, 0) is 35.0 Å². The Hall–Kier alpha value is -1.41. The molecule has 1 unspecified atom stereocenters. The molecule has 0 saturated heterocycles. The molecule has 0 fully saturated rings. The fourth-order valence-corrected chi connectivity index (χ4v) is 2.60. The summed E-state index contributed by atoms with van der Waals surface area (Å²) in [4.78, 5) is 34.9. The number of thiophene rings is 1. The zero-order chi connectivity index (χ0) is 15.1. The number of rotatable bonds is 6. The number of esters is 1. The molecular weight excluding hydrogens is 348 g/mol. The quantitative estimate of drug-likeness (QED) is 0.747. The average Bonchev–Trinajstić information content (AvgIpc) is 2.84. The minimum absolute atomic E-state index is 0.0980. The molecule has 0 aromatic carbocycles. The van der Waals surface area contributed by atoms with Crippen molar-refractivity contribution >= 4 is 45.1 Å². The van der Waals surface area contributed by atoms with E-state index in [1.807, 2.05) is 0 Å². The Morgan fingerprint density at radius 2 is 2.10 bits per heavy atom. The van der Waals surface area contributed by atoms with Crippen LogP contribution < -0.4 is 10.6 Å². The Bertz CT molecular complexity index is 503. The first-order chi connectivity index (χ1) is 9.43. The summed E-state index contributed by atoms with van der Waals surface area (Å²) in [5.74, 6) is -1.06. The molecule has 2 amide bonds. The van der Waals surface area contributed by atoms with E-state index in [0.29, 0.717) is 4.88 Å². The maximum Gasteiger partial charge on any atom is 0.307 e. The van der Waals surface area contributed by atoms with Crippen LogP contribution in [0.2, 0.25) is 0 Å². The second-order valence-corrected chi connectivity index (χ2v) is 6.38. The van der Waals surface area contributed by atoms with E-state index in [1.165, 1.54) is 18.4 Å². The summed E-state index contributed by atoms with van der Waals surface area (Å²) in [6.45, 7) is 1.75. The van der Waals surface area contributed by atoms with Gasteiger partial charge in [-0.2, -0.15) is 0 Å². The van der Waals surface area contributed by atoms with E-state index >= 15 is 0 Å². The second kappa shape index (κ2) is 8.01. The third kappa shape index (κ3) is 5.30. The molecule has 0 spiro atoms. The molecular formula is C12H15BrN2O4S. The Morgan fingerprint density at radius 3 is 2.65 bits per heavy atom. The average molecular weight is 363 g/mol. The van der Waals surface area contributed by atoms with Crippen molar-refractivity contribution in [2.45, 2.75) is 19.4 Å². The summed E-state index contributed by atoms with van der Waals surface area (Å²) >= 11 is 4.55. The van der Waals surface area contributed by atoms with Gasteiger partial charge in [-0.1, -0.05) is 0 Å². The topological polar surface area (TPSA) is 84.5 Å². The van der Waals surface area contributed by atoms with Gasteiger partial charge in [0.25, 0.3) is 5.91 Å². The summed E-state index contributed by atoms with van der Waals surface area (Å²) in [6.07, 6.45) is 0.0980. The monoisotopic (exact) mass is 362 g/mol.